The highest BCUT2D eigenvalue weighted by Gasteiger charge is 2.15. The zero-order chi connectivity index (χ0) is 19.2. The fourth-order valence-electron chi connectivity index (χ4n) is 3.11. The first-order valence-corrected chi connectivity index (χ1v) is 9.02. The Bertz CT molecular complexity index is 748. The van der Waals surface area contributed by atoms with E-state index < -0.39 is 0 Å². The number of ether oxygens (including phenoxy) is 3. The van der Waals surface area contributed by atoms with E-state index in [1.54, 1.807) is 32.2 Å². The summed E-state index contributed by atoms with van der Waals surface area (Å²) in [7, 11) is 4.99. The molecule has 1 saturated heterocycles. The van der Waals surface area contributed by atoms with Crippen LogP contribution in [0.4, 0.5) is 11.4 Å². The lowest BCUT2D eigenvalue weighted by atomic mass is 10.1. The van der Waals surface area contributed by atoms with E-state index in [1.165, 1.54) is 0 Å². The van der Waals surface area contributed by atoms with Gasteiger partial charge < -0.3 is 24.0 Å². The van der Waals surface area contributed by atoms with Gasteiger partial charge in [0, 0.05) is 37.6 Å². The van der Waals surface area contributed by atoms with Crippen LogP contribution in [-0.2, 0) is 16.0 Å². The number of hydrogen-bond acceptors (Lipinski definition) is 5. The second-order valence-corrected chi connectivity index (χ2v) is 6.47. The van der Waals surface area contributed by atoms with Crippen LogP contribution in [0.25, 0.3) is 0 Å². The summed E-state index contributed by atoms with van der Waals surface area (Å²) in [6.45, 7) is 3.30. The van der Waals surface area contributed by atoms with Gasteiger partial charge in [-0.05, 0) is 42.0 Å². The van der Waals surface area contributed by atoms with Gasteiger partial charge in [-0.2, -0.15) is 0 Å². The number of rotatable bonds is 6. The molecule has 3 rings (SSSR count). The van der Waals surface area contributed by atoms with Gasteiger partial charge in [-0.3, -0.25) is 4.79 Å². The monoisotopic (exact) mass is 370 g/mol. The van der Waals surface area contributed by atoms with E-state index in [2.05, 4.69) is 17.0 Å². The topological polar surface area (TPSA) is 51.2 Å². The summed E-state index contributed by atoms with van der Waals surface area (Å²) in [6, 6.07) is 13.6. The first kappa shape index (κ1) is 19.0. The number of likely N-dealkylation sites (N-methyl/N-ethyl adjacent to an activating group) is 1. The molecule has 0 aliphatic carbocycles. The minimum atomic E-state index is 0.00410. The summed E-state index contributed by atoms with van der Waals surface area (Å²) >= 11 is 0. The molecule has 1 fully saturated rings. The quantitative estimate of drug-likeness (QED) is 0.783. The average Bonchev–Trinajstić information content (AvgIpc) is 2.73. The maximum Gasteiger partial charge on any atom is 0.231 e. The number of nitrogens with zero attached hydrogens (tertiary/aromatic N) is 2. The van der Waals surface area contributed by atoms with Crippen LogP contribution in [0.2, 0.25) is 0 Å². The summed E-state index contributed by atoms with van der Waals surface area (Å²) in [5, 5.41) is 0. The predicted octanol–water partition coefficient (Wildman–Crippen LogP) is 2.75. The van der Waals surface area contributed by atoms with Crippen molar-refractivity contribution in [3.63, 3.8) is 0 Å². The van der Waals surface area contributed by atoms with E-state index >= 15 is 0 Å². The first-order valence-electron chi connectivity index (χ1n) is 9.02. The molecule has 2 aromatic carbocycles. The van der Waals surface area contributed by atoms with Crippen molar-refractivity contribution in [3.05, 3.63) is 48.0 Å². The van der Waals surface area contributed by atoms with Crippen molar-refractivity contribution < 1.29 is 19.0 Å². The van der Waals surface area contributed by atoms with Gasteiger partial charge in [0.25, 0.3) is 0 Å². The van der Waals surface area contributed by atoms with Gasteiger partial charge in [0.2, 0.25) is 5.91 Å². The third kappa shape index (κ3) is 4.71. The lowest BCUT2D eigenvalue weighted by Gasteiger charge is -2.29. The summed E-state index contributed by atoms with van der Waals surface area (Å²) in [6.07, 6.45) is 0.273. The largest absolute Gasteiger partial charge is 0.497 e. The molecule has 0 atom stereocenters. The van der Waals surface area contributed by atoms with Crippen LogP contribution in [0.1, 0.15) is 5.56 Å². The normalized spacial score (nSPS) is 14.0. The molecule has 0 unspecified atom stereocenters. The molecule has 1 aliphatic rings. The Labute approximate surface area is 160 Å². The fourth-order valence-corrected chi connectivity index (χ4v) is 3.11. The molecule has 1 aliphatic heterocycles. The number of carbonyl (C=O) groups is 1. The Kier molecular flexibility index (Phi) is 6.19. The zero-order valence-electron chi connectivity index (χ0n) is 16.1. The predicted molar refractivity (Wildman–Crippen MR) is 106 cm³/mol. The van der Waals surface area contributed by atoms with Crippen molar-refractivity contribution in [2.75, 3.05) is 57.4 Å². The van der Waals surface area contributed by atoms with Crippen LogP contribution in [0.5, 0.6) is 11.5 Å². The third-order valence-electron chi connectivity index (χ3n) is 4.75. The molecule has 0 N–H and O–H groups in total. The third-order valence-corrected chi connectivity index (χ3v) is 4.75. The van der Waals surface area contributed by atoms with E-state index in [1.807, 2.05) is 24.3 Å². The Morgan fingerprint density at radius 3 is 2.19 bits per heavy atom. The van der Waals surface area contributed by atoms with E-state index in [4.69, 9.17) is 14.2 Å². The number of carbonyl (C=O) groups excluding carboxylic acids is 1. The maximum absolute atomic E-state index is 12.7. The summed E-state index contributed by atoms with van der Waals surface area (Å²) in [5.41, 5.74) is 2.88. The Balaban J connectivity index is 1.68. The fraction of sp³-hybridized carbons (Fsp3) is 0.381. The van der Waals surface area contributed by atoms with Gasteiger partial charge in [0.15, 0.2) is 0 Å². The van der Waals surface area contributed by atoms with Crippen molar-refractivity contribution >= 4 is 17.3 Å². The maximum atomic E-state index is 12.7. The average molecular weight is 370 g/mol. The SMILES string of the molecule is COc1cc(CC(=O)N(C)c2ccc(N3CCOCC3)cc2)cc(OC)c1. The van der Waals surface area contributed by atoms with Gasteiger partial charge in [-0.25, -0.2) is 0 Å². The smallest absolute Gasteiger partial charge is 0.231 e. The highest BCUT2D eigenvalue weighted by molar-refractivity contribution is 5.94. The molecule has 144 valence electrons. The molecule has 0 spiro atoms. The second kappa shape index (κ2) is 8.77. The first-order chi connectivity index (χ1) is 13.1. The summed E-state index contributed by atoms with van der Waals surface area (Å²) in [5.74, 6) is 1.36. The van der Waals surface area contributed by atoms with Crippen molar-refractivity contribution in [3.8, 4) is 11.5 Å². The summed E-state index contributed by atoms with van der Waals surface area (Å²) < 4.78 is 15.9. The van der Waals surface area contributed by atoms with E-state index in [-0.39, 0.29) is 12.3 Å². The van der Waals surface area contributed by atoms with Crippen molar-refractivity contribution in [2.24, 2.45) is 0 Å². The number of amides is 1. The van der Waals surface area contributed by atoms with Crippen molar-refractivity contribution in [1.82, 2.24) is 0 Å². The molecule has 1 heterocycles. The standard InChI is InChI=1S/C21H26N2O4/c1-22(17-4-6-18(7-5-17)23-8-10-27-11-9-23)21(24)14-16-12-19(25-2)15-20(13-16)26-3/h4-7,12-13,15H,8-11,14H2,1-3H3. The zero-order valence-corrected chi connectivity index (χ0v) is 16.1. The number of methoxy groups -OCH3 is 2. The molecule has 6 nitrogen and oxygen atoms in total. The Hall–Kier alpha value is -2.73. The number of anilines is 2. The molecule has 0 aromatic heterocycles. The molecule has 0 saturated carbocycles. The molecule has 27 heavy (non-hydrogen) atoms. The Morgan fingerprint density at radius 1 is 1.04 bits per heavy atom. The lowest BCUT2D eigenvalue weighted by Crippen LogP contribution is -2.36. The van der Waals surface area contributed by atoms with Gasteiger partial charge in [0.05, 0.1) is 33.9 Å². The van der Waals surface area contributed by atoms with Gasteiger partial charge in [0.1, 0.15) is 11.5 Å². The van der Waals surface area contributed by atoms with Crippen LogP contribution in [-0.4, -0.2) is 53.5 Å². The molecule has 0 bridgehead atoms. The van der Waals surface area contributed by atoms with Crippen LogP contribution in [0.15, 0.2) is 42.5 Å². The molecule has 2 aromatic rings. The van der Waals surface area contributed by atoms with Crippen molar-refractivity contribution in [1.29, 1.82) is 0 Å². The van der Waals surface area contributed by atoms with Crippen LogP contribution in [0, 0.1) is 0 Å². The lowest BCUT2D eigenvalue weighted by molar-refractivity contribution is -0.117. The van der Waals surface area contributed by atoms with E-state index in [0.29, 0.717) is 11.5 Å². The van der Waals surface area contributed by atoms with Crippen LogP contribution in [0.3, 0.4) is 0 Å². The van der Waals surface area contributed by atoms with E-state index in [0.717, 1.165) is 43.2 Å². The van der Waals surface area contributed by atoms with Crippen molar-refractivity contribution in [2.45, 2.75) is 6.42 Å². The molecule has 6 heteroatoms. The minimum Gasteiger partial charge on any atom is -0.497 e. The molecular formula is C21H26N2O4. The number of hydrogen-bond donors (Lipinski definition) is 0. The molecular weight excluding hydrogens is 344 g/mol. The van der Waals surface area contributed by atoms with Gasteiger partial charge in [-0.15, -0.1) is 0 Å². The second-order valence-electron chi connectivity index (χ2n) is 6.47. The number of benzene rings is 2. The number of morpholine rings is 1. The van der Waals surface area contributed by atoms with E-state index in [9.17, 15) is 4.79 Å². The minimum absolute atomic E-state index is 0.00410. The van der Waals surface area contributed by atoms with Crippen LogP contribution < -0.4 is 19.3 Å². The van der Waals surface area contributed by atoms with Gasteiger partial charge in [-0.1, -0.05) is 0 Å². The van der Waals surface area contributed by atoms with Gasteiger partial charge >= 0.3 is 0 Å². The highest BCUT2D eigenvalue weighted by atomic mass is 16.5. The highest BCUT2D eigenvalue weighted by Crippen LogP contribution is 2.25. The molecule has 0 radical (unpaired) electrons. The Morgan fingerprint density at radius 2 is 1.63 bits per heavy atom. The van der Waals surface area contributed by atoms with Crippen LogP contribution >= 0.6 is 0 Å². The summed E-state index contributed by atoms with van der Waals surface area (Å²) in [4.78, 5) is 16.7. The molecule has 1 amide bonds.